The first-order chi connectivity index (χ1) is 25.1. The smallest absolute Gasteiger partial charge is 0.308 e. The molecule has 0 spiro atoms. The Hall–Kier alpha value is -5.75. The molecular formula is C35H52N10O8. The van der Waals surface area contributed by atoms with Gasteiger partial charge in [0.05, 0.1) is 12.5 Å². The molecule has 0 radical (unpaired) electrons. The van der Waals surface area contributed by atoms with Gasteiger partial charge in [0.15, 0.2) is 5.96 Å². The molecule has 0 saturated carbocycles. The minimum atomic E-state index is -1.43. The molecular weight excluding hydrogens is 688 g/mol. The number of carbonyl (C=O) groups is 6. The van der Waals surface area contributed by atoms with Gasteiger partial charge in [0.25, 0.3) is 5.91 Å². The fourth-order valence-corrected chi connectivity index (χ4v) is 4.97. The standard InChI is InChI=1S/C35H52N10O8/c1-20(2)16-25(36)31(49)44-27(17-22-11-13-24(46)14-12-22)33(51)42-26(10-7-15-40-35(37)38)32(50)41-21(3)30(48)43-28(34(52)45-39)18-29(47)53-19-23-8-5-4-6-9-23/h4-6,8-9,11-14,20-21,25-28,46H,7,10,15-19,36,39H2,1-3H3,(H,41,50)(H,42,51)(H,43,48)(H,44,49)(H,45,52)(H4,37,38,40)/t21-,25-,26-,27-,28-/m0/s1. The van der Waals surface area contributed by atoms with E-state index < -0.39 is 72.1 Å². The van der Waals surface area contributed by atoms with Crippen LogP contribution >= 0.6 is 0 Å². The summed E-state index contributed by atoms with van der Waals surface area (Å²) in [6, 6.07) is 8.81. The summed E-state index contributed by atoms with van der Waals surface area (Å²) in [5.74, 6) is 0.621. The van der Waals surface area contributed by atoms with Crippen molar-refractivity contribution in [2.75, 3.05) is 6.54 Å². The van der Waals surface area contributed by atoms with Gasteiger partial charge in [-0.3, -0.25) is 39.2 Å². The van der Waals surface area contributed by atoms with E-state index in [1.165, 1.54) is 19.1 Å². The Balaban J connectivity index is 2.20. The van der Waals surface area contributed by atoms with E-state index in [2.05, 4.69) is 26.3 Å². The predicted molar refractivity (Wildman–Crippen MR) is 196 cm³/mol. The van der Waals surface area contributed by atoms with Crippen molar-refractivity contribution < 1.29 is 38.6 Å². The Morgan fingerprint density at radius 3 is 1.96 bits per heavy atom. The van der Waals surface area contributed by atoms with Gasteiger partial charge in [0.2, 0.25) is 23.6 Å². The van der Waals surface area contributed by atoms with Crippen molar-refractivity contribution in [3.8, 4) is 5.75 Å². The first kappa shape index (κ1) is 43.4. The number of nitrogens with zero attached hydrogens (tertiary/aromatic N) is 1. The molecule has 290 valence electrons. The number of nitrogens with two attached hydrogens (primary N) is 4. The van der Waals surface area contributed by atoms with E-state index in [9.17, 15) is 33.9 Å². The summed E-state index contributed by atoms with van der Waals surface area (Å²) in [6.07, 6.45) is 0.0418. The molecule has 0 aromatic heterocycles. The van der Waals surface area contributed by atoms with Crippen LogP contribution in [0.25, 0.3) is 0 Å². The summed E-state index contributed by atoms with van der Waals surface area (Å²) in [7, 11) is 0. The summed E-state index contributed by atoms with van der Waals surface area (Å²) < 4.78 is 5.22. The maximum Gasteiger partial charge on any atom is 0.308 e. The summed E-state index contributed by atoms with van der Waals surface area (Å²) in [5.41, 5.74) is 20.1. The van der Waals surface area contributed by atoms with Crippen LogP contribution in [-0.4, -0.2) is 83.3 Å². The fourth-order valence-electron chi connectivity index (χ4n) is 4.97. The van der Waals surface area contributed by atoms with Gasteiger partial charge in [-0.25, -0.2) is 5.84 Å². The van der Waals surface area contributed by atoms with Crippen LogP contribution in [0.3, 0.4) is 0 Å². The third-order valence-corrected chi connectivity index (χ3v) is 7.79. The highest BCUT2D eigenvalue weighted by Gasteiger charge is 2.31. The van der Waals surface area contributed by atoms with Gasteiger partial charge in [-0.2, -0.15) is 0 Å². The first-order valence-electron chi connectivity index (χ1n) is 17.1. The van der Waals surface area contributed by atoms with Crippen LogP contribution < -0.4 is 49.7 Å². The fraction of sp³-hybridized carbons (Fsp3) is 0.457. The normalized spacial score (nSPS) is 13.6. The van der Waals surface area contributed by atoms with Gasteiger partial charge >= 0.3 is 5.97 Å². The molecule has 0 fully saturated rings. The third kappa shape index (κ3) is 16.4. The van der Waals surface area contributed by atoms with Crippen LogP contribution in [0.2, 0.25) is 0 Å². The number of carbonyl (C=O) groups excluding carboxylic acids is 6. The molecule has 0 unspecified atom stereocenters. The Morgan fingerprint density at radius 1 is 0.755 bits per heavy atom. The number of ether oxygens (including phenoxy) is 1. The zero-order chi connectivity index (χ0) is 39.5. The average Bonchev–Trinajstić information content (AvgIpc) is 3.11. The van der Waals surface area contributed by atoms with Crippen molar-refractivity contribution >= 4 is 41.5 Å². The number of hydrazine groups is 1. The van der Waals surface area contributed by atoms with Crippen LogP contribution in [-0.2, 0) is 46.5 Å². The maximum absolute atomic E-state index is 13.7. The number of rotatable bonds is 21. The van der Waals surface area contributed by atoms with E-state index in [1.54, 1.807) is 42.5 Å². The van der Waals surface area contributed by atoms with Gasteiger partial charge in [0.1, 0.15) is 36.5 Å². The van der Waals surface area contributed by atoms with Crippen LogP contribution in [0, 0.1) is 5.92 Å². The van der Waals surface area contributed by atoms with Gasteiger partial charge < -0.3 is 48.3 Å². The van der Waals surface area contributed by atoms with Crippen LogP contribution in [0.5, 0.6) is 5.75 Å². The van der Waals surface area contributed by atoms with E-state index in [-0.39, 0.29) is 50.0 Å². The molecule has 0 aliphatic carbocycles. The van der Waals surface area contributed by atoms with Crippen LogP contribution in [0.15, 0.2) is 59.6 Å². The molecule has 0 aliphatic rings. The number of esters is 1. The highest BCUT2D eigenvalue weighted by atomic mass is 16.5. The number of hydrogen-bond donors (Lipinski definition) is 10. The lowest BCUT2D eigenvalue weighted by Gasteiger charge is -2.26. The third-order valence-electron chi connectivity index (χ3n) is 7.79. The summed E-state index contributed by atoms with van der Waals surface area (Å²) >= 11 is 0. The molecule has 14 N–H and O–H groups in total. The monoisotopic (exact) mass is 740 g/mol. The Kier molecular flexibility index (Phi) is 18.2. The maximum atomic E-state index is 13.7. The van der Waals surface area contributed by atoms with Crippen molar-refractivity contribution in [1.82, 2.24) is 26.7 Å². The van der Waals surface area contributed by atoms with E-state index in [0.717, 1.165) is 0 Å². The largest absolute Gasteiger partial charge is 0.508 e. The average molecular weight is 741 g/mol. The second-order valence-electron chi connectivity index (χ2n) is 12.8. The number of benzene rings is 2. The Morgan fingerprint density at radius 2 is 1.36 bits per heavy atom. The number of nitrogens with one attached hydrogen (secondary N) is 5. The number of amides is 5. The van der Waals surface area contributed by atoms with Crippen molar-refractivity contribution in [3.63, 3.8) is 0 Å². The molecule has 0 saturated heterocycles. The highest BCUT2D eigenvalue weighted by molar-refractivity contribution is 5.96. The molecule has 18 nitrogen and oxygen atoms in total. The number of aromatic hydroxyl groups is 1. The first-order valence-corrected chi connectivity index (χ1v) is 17.1. The number of guanidine groups is 1. The van der Waals surface area contributed by atoms with E-state index in [1.807, 2.05) is 19.3 Å². The van der Waals surface area contributed by atoms with Gasteiger partial charge in [-0.05, 0) is 55.4 Å². The predicted octanol–water partition coefficient (Wildman–Crippen LogP) is -1.56. The topological polar surface area (TPSA) is 308 Å². The zero-order valence-corrected chi connectivity index (χ0v) is 30.2. The molecule has 2 aromatic carbocycles. The molecule has 53 heavy (non-hydrogen) atoms. The highest BCUT2D eigenvalue weighted by Crippen LogP contribution is 2.13. The molecule has 2 rings (SSSR count). The summed E-state index contributed by atoms with van der Waals surface area (Å²) in [5, 5.41) is 19.9. The van der Waals surface area contributed by atoms with Gasteiger partial charge in [-0.15, -0.1) is 0 Å². The lowest BCUT2D eigenvalue weighted by molar-refractivity contribution is -0.147. The lowest BCUT2D eigenvalue weighted by Crippen LogP contribution is -2.59. The van der Waals surface area contributed by atoms with E-state index >= 15 is 0 Å². The second-order valence-corrected chi connectivity index (χ2v) is 12.8. The molecule has 18 heteroatoms. The Labute approximate surface area is 308 Å². The molecule has 0 heterocycles. The molecule has 0 aliphatic heterocycles. The second kappa shape index (κ2) is 22.2. The molecule has 2 aromatic rings. The number of phenolic OH excluding ortho intramolecular Hbond substituents is 1. The van der Waals surface area contributed by atoms with Crippen molar-refractivity contribution in [2.45, 2.75) is 89.7 Å². The van der Waals surface area contributed by atoms with Crippen molar-refractivity contribution in [3.05, 3.63) is 65.7 Å². The van der Waals surface area contributed by atoms with E-state index in [4.69, 9.17) is 27.8 Å². The zero-order valence-electron chi connectivity index (χ0n) is 30.2. The quantitative estimate of drug-likeness (QED) is 0.0132. The van der Waals surface area contributed by atoms with E-state index in [0.29, 0.717) is 17.5 Å². The van der Waals surface area contributed by atoms with Crippen LogP contribution in [0.4, 0.5) is 0 Å². The minimum Gasteiger partial charge on any atom is -0.508 e. The molecule has 5 amide bonds. The number of phenols is 1. The SMILES string of the molecule is CC(C)C[C@H](N)C(=O)N[C@@H](Cc1ccc(O)cc1)C(=O)N[C@@H](CCCN=C(N)N)C(=O)N[C@@H](C)C(=O)N[C@@H](CC(=O)OCc1ccccc1)C(=O)NN. The van der Waals surface area contributed by atoms with Gasteiger partial charge in [-0.1, -0.05) is 56.3 Å². The molecule has 0 bridgehead atoms. The number of hydrogen-bond acceptors (Lipinski definition) is 11. The minimum absolute atomic E-state index is 0.00591. The lowest BCUT2D eigenvalue weighted by atomic mass is 10.0. The van der Waals surface area contributed by atoms with Gasteiger partial charge in [0, 0.05) is 13.0 Å². The van der Waals surface area contributed by atoms with Crippen molar-refractivity contribution in [1.29, 1.82) is 0 Å². The number of aliphatic imine (C=N–C) groups is 1. The van der Waals surface area contributed by atoms with Crippen molar-refractivity contribution in [2.24, 2.45) is 34.0 Å². The summed E-state index contributed by atoms with van der Waals surface area (Å²) in [6.45, 7) is 5.19. The molecule has 5 atom stereocenters. The Bertz CT molecular complexity index is 1550. The van der Waals surface area contributed by atoms with Crippen LogP contribution in [0.1, 0.15) is 57.6 Å². The summed E-state index contributed by atoms with van der Waals surface area (Å²) in [4.78, 5) is 82.3.